The minimum absolute atomic E-state index is 0.00146. The molecule has 3 aliphatic rings. The van der Waals surface area contributed by atoms with Crippen LogP contribution in [0.5, 0.6) is 0 Å². The summed E-state index contributed by atoms with van der Waals surface area (Å²) in [4.78, 5) is 132. The van der Waals surface area contributed by atoms with Crippen LogP contribution in [0, 0.1) is 17.8 Å². The molecule has 0 unspecified atom stereocenters. The fourth-order valence-electron chi connectivity index (χ4n) is 8.92. The molecule has 8 amide bonds. The number of aliphatic hydroxyl groups excluding tert-OH is 2. The van der Waals surface area contributed by atoms with Crippen LogP contribution in [0.4, 0.5) is 0 Å². The molecule has 1 aromatic rings. The average molecular weight is 974 g/mol. The first-order valence-electron chi connectivity index (χ1n) is 24.4. The second-order valence-electron chi connectivity index (χ2n) is 19.1. The lowest BCUT2D eigenvalue weighted by Gasteiger charge is -2.34. The van der Waals surface area contributed by atoms with Crippen LogP contribution in [-0.2, 0) is 49.6 Å². The highest BCUT2D eigenvalue weighted by atomic mass is 16.4. The molecule has 0 radical (unpaired) electrons. The van der Waals surface area contributed by atoms with Crippen molar-refractivity contribution in [1.82, 2.24) is 57.0 Å². The van der Waals surface area contributed by atoms with Crippen LogP contribution in [-0.4, -0.2) is 175 Å². The minimum atomic E-state index is -1.54. The summed E-state index contributed by atoms with van der Waals surface area (Å²) in [6, 6.07) is -10.4. The van der Waals surface area contributed by atoms with Gasteiger partial charge in [-0.05, 0) is 76.2 Å². The number of aliphatic hydroxyl groups is 2. The van der Waals surface area contributed by atoms with Gasteiger partial charge in [0.25, 0.3) is 0 Å². The average Bonchev–Trinajstić information content (AvgIpc) is 4.17. The number of nitrogens with zero attached hydrogens (tertiary/aromatic N) is 3. The van der Waals surface area contributed by atoms with Crippen molar-refractivity contribution < 1.29 is 58.5 Å². The molecule has 12 atom stereocenters. The molecule has 3 fully saturated rings. The van der Waals surface area contributed by atoms with Crippen molar-refractivity contribution in [1.29, 1.82) is 0 Å². The van der Waals surface area contributed by atoms with E-state index in [0.29, 0.717) is 44.3 Å². The van der Waals surface area contributed by atoms with Crippen molar-refractivity contribution in [3.05, 3.63) is 18.2 Å². The lowest BCUT2D eigenvalue weighted by Crippen LogP contribution is -2.62. The number of likely N-dealkylation sites (tertiary alicyclic amines) is 2. The van der Waals surface area contributed by atoms with Crippen LogP contribution in [0.25, 0.3) is 0 Å². The van der Waals surface area contributed by atoms with Crippen molar-refractivity contribution in [2.24, 2.45) is 17.8 Å². The molecule has 11 N–H and O–H groups in total. The van der Waals surface area contributed by atoms with E-state index in [1.807, 2.05) is 20.8 Å². The third-order valence-electron chi connectivity index (χ3n) is 13.4. The zero-order valence-electron chi connectivity index (χ0n) is 40.9. The Balaban J connectivity index is 1.45. The van der Waals surface area contributed by atoms with Gasteiger partial charge in [-0.25, -0.2) is 9.78 Å². The van der Waals surface area contributed by atoms with E-state index in [4.69, 9.17) is 0 Å². The number of carboxylic acids is 1. The van der Waals surface area contributed by atoms with Gasteiger partial charge in [0.1, 0.15) is 48.3 Å². The smallest absolute Gasteiger partial charge is 0.326 e. The Labute approximate surface area is 403 Å². The highest BCUT2D eigenvalue weighted by Gasteiger charge is 2.45. The molecule has 0 aliphatic carbocycles. The van der Waals surface area contributed by atoms with Gasteiger partial charge in [0, 0.05) is 31.4 Å². The van der Waals surface area contributed by atoms with E-state index in [0.717, 1.165) is 6.42 Å². The van der Waals surface area contributed by atoms with Crippen molar-refractivity contribution in [3.8, 4) is 0 Å². The number of carbonyl (C=O) groups is 9. The van der Waals surface area contributed by atoms with Crippen LogP contribution < -0.4 is 37.2 Å². The van der Waals surface area contributed by atoms with Crippen molar-refractivity contribution in [3.63, 3.8) is 0 Å². The summed E-state index contributed by atoms with van der Waals surface area (Å²) in [5.41, 5.74) is 0.531. The van der Waals surface area contributed by atoms with Crippen LogP contribution in [0.1, 0.15) is 112 Å². The first-order chi connectivity index (χ1) is 32.7. The number of rotatable bonds is 25. The maximum Gasteiger partial charge on any atom is 0.326 e. The molecule has 69 heavy (non-hydrogen) atoms. The van der Waals surface area contributed by atoms with Gasteiger partial charge < -0.3 is 67.3 Å². The number of amides is 8. The number of H-pyrrole nitrogens is 1. The maximum atomic E-state index is 14.4. The Morgan fingerprint density at radius 3 is 1.72 bits per heavy atom. The predicted octanol–water partition coefficient (Wildman–Crippen LogP) is -1.81. The van der Waals surface area contributed by atoms with Crippen molar-refractivity contribution in [2.45, 2.75) is 173 Å². The molecule has 23 nitrogen and oxygen atoms in total. The Morgan fingerprint density at radius 2 is 1.23 bits per heavy atom. The minimum Gasteiger partial charge on any atom is -0.480 e. The fraction of sp³-hybridized carbons (Fsp3) is 0.739. The van der Waals surface area contributed by atoms with Gasteiger partial charge in [0.05, 0.1) is 25.1 Å². The van der Waals surface area contributed by atoms with Crippen LogP contribution in [0.3, 0.4) is 0 Å². The summed E-state index contributed by atoms with van der Waals surface area (Å²) in [6.45, 7) is 12.0. The molecular weight excluding hydrogens is 899 g/mol. The number of hydrogen-bond acceptors (Lipinski definition) is 13. The lowest BCUT2D eigenvalue weighted by molar-refractivity contribution is -0.147. The van der Waals surface area contributed by atoms with E-state index < -0.39 is 132 Å². The summed E-state index contributed by atoms with van der Waals surface area (Å²) in [5.74, 6) is -7.67. The molecule has 3 saturated heterocycles. The maximum absolute atomic E-state index is 14.4. The standard InChI is InChI=1S/C46H75N11O12/c1-8-25(5)35(43(65)51-31(46(68)69)19-24(3)4)53-41(63)33-14-12-18-57(33)45(67)37(27(7)59)55-42(64)34-15-11-17-56(34)44(66)36(26(6)9-2)54-40(62)32(22-58)52-39(61)30(20-28-21-47-23-49-28)50-38(60)29-13-10-16-48-29/h21,23-27,29-37,48,58-59H,8-20,22H2,1-7H3,(H,47,49)(H,50,60)(H,51,65)(H,52,61)(H,53,63)(H,54,62)(H,55,64)(H,68,69)/t25-,26-,27+,29-,30-,31-,32-,33-,34-,35-,36-,37-/m0/s1. The third-order valence-corrected chi connectivity index (χ3v) is 13.4. The molecule has 4 rings (SSSR count). The molecule has 23 heteroatoms. The normalized spacial score (nSPS) is 22.0. The van der Waals surface area contributed by atoms with E-state index in [1.165, 1.54) is 29.2 Å². The summed E-state index contributed by atoms with van der Waals surface area (Å²) in [7, 11) is 0. The Kier molecular flexibility index (Phi) is 21.3. The highest BCUT2D eigenvalue weighted by molar-refractivity contribution is 5.98. The highest BCUT2D eigenvalue weighted by Crippen LogP contribution is 2.24. The fourth-order valence-corrected chi connectivity index (χ4v) is 8.92. The molecule has 3 aliphatic heterocycles. The number of nitrogens with one attached hydrogen (secondary N) is 8. The Bertz CT molecular complexity index is 1940. The first-order valence-corrected chi connectivity index (χ1v) is 24.4. The van der Waals surface area contributed by atoms with Crippen molar-refractivity contribution in [2.75, 3.05) is 26.2 Å². The van der Waals surface area contributed by atoms with Gasteiger partial charge in [0.15, 0.2) is 0 Å². The number of imidazole rings is 1. The zero-order valence-corrected chi connectivity index (χ0v) is 40.9. The summed E-state index contributed by atoms with van der Waals surface area (Å²) in [5, 5.41) is 49.8. The van der Waals surface area contributed by atoms with Gasteiger partial charge in [-0.15, -0.1) is 0 Å². The summed E-state index contributed by atoms with van der Waals surface area (Å²) < 4.78 is 0. The van der Waals surface area contributed by atoms with E-state index in [1.54, 1.807) is 20.8 Å². The molecule has 0 aromatic carbocycles. The number of carboxylic acid groups (broad SMARTS) is 1. The molecule has 0 saturated carbocycles. The molecule has 386 valence electrons. The van der Waals surface area contributed by atoms with E-state index >= 15 is 0 Å². The van der Waals surface area contributed by atoms with Gasteiger partial charge in [-0.1, -0.05) is 54.4 Å². The van der Waals surface area contributed by atoms with Crippen LogP contribution in [0.2, 0.25) is 0 Å². The van der Waals surface area contributed by atoms with Gasteiger partial charge >= 0.3 is 5.97 Å². The number of aromatic nitrogens is 2. The summed E-state index contributed by atoms with van der Waals surface area (Å²) >= 11 is 0. The summed E-state index contributed by atoms with van der Waals surface area (Å²) in [6.07, 6.45) is 5.04. The number of carbonyl (C=O) groups excluding carboxylic acids is 8. The Morgan fingerprint density at radius 1 is 0.681 bits per heavy atom. The van der Waals surface area contributed by atoms with Gasteiger partial charge in [-0.2, -0.15) is 0 Å². The first kappa shape index (κ1) is 55.9. The largest absolute Gasteiger partial charge is 0.480 e. The Hall–Kier alpha value is -5.68. The molecule has 4 heterocycles. The van der Waals surface area contributed by atoms with Gasteiger partial charge in [0.2, 0.25) is 47.3 Å². The second kappa shape index (κ2) is 26.3. The van der Waals surface area contributed by atoms with E-state index in [2.05, 4.69) is 47.2 Å². The molecule has 0 spiro atoms. The second-order valence-corrected chi connectivity index (χ2v) is 19.1. The number of aliphatic carboxylic acids is 1. The lowest BCUT2D eigenvalue weighted by atomic mass is 9.96. The monoisotopic (exact) mass is 974 g/mol. The third kappa shape index (κ3) is 15.2. The molecule has 1 aromatic heterocycles. The molecule has 0 bridgehead atoms. The quantitative estimate of drug-likeness (QED) is 0.0515. The van der Waals surface area contributed by atoms with E-state index in [9.17, 15) is 58.5 Å². The van der Waals surface area contributed by atoms with E-state index in [-0.39, 0.29) is 44.7 Å². The van der Waals surface area contributed by atoms with Gasteiger partial charge in [-0.3, -0.25) is 38.4 Å². The van der Waals surface area contributed by atoms with Crippen molar-refractivity contribution >= 4 is 53.2 Å². The molecular formula is C46H75N11O12. The number of hydrogen-bond donors (Lipinski definition) is 11. The van der Waals surface area contributed by atoms with Crippen LogP contribution >= 0.6 is 0 Å². The van der Waals surface area contributed by atoms with Crippen LogP contribution in [0.15, 0.2) is 12.5 Å². The topological polar surface area (TPSA) is 334 Å². The number of aromatic amines is 1. The predicted molar refractivity (Wildman–Crippen MR) is 249 cm³/mol. The zero-order chi connectivity index (χ0) is 51.1. The SMILES string of the molecule is CC[C@H](C)[C@H](NC(=O)[C@@H]1CCCN1C(=O)[C@@H](NC(=O)[C@@H]1CCCN1C(=O)[C@@H](NC(=O)[C@H](CO)NC(=O)[C@H](Cc1cnc[nH]1)NC(=O)[C@@H]1CCCN1)[C@@H](C)CC)[C@@H](C)O)C(=O)N[C@@H](CC(C)C)C(=O)O.